The Bertz CT molecular complexity index is 1710. The molecular weight excluding hydrogens is 829 g/mol. The van der Waals surface area contributed by atoms with Crippen LogP contribution in [0.15, 0.2) is 52.6 Å². The number of allylic oxidation sites excluding steroid dienone is 6. The van der Waals surface area contributed by atoms with Crippen molar-refractivity contribution in [2.24, 2.45) is 40.5 Å². The minimum atomic E-state index is -2.37. The van der Waals surface area contributed by atoms with E-state index in [0.29, 0.717) is 64.2 Å². The topological polar surface area (TPSA) is 174 Å². The monoisotopic (exact) mass is 913 g/mol. The normalized spacial score (nSPS) is 41.0. The maximum absolute atomic E-state index is 14.4. The number of nitrogens with zero attached hydrogens (tertiary/aromatic N) is 2. The largest absolute Gasteiger partial charge is 0.461 e. The first-order chi connectivity index (χ1) is 30.9. The van der Waals surface area contributed by atoms with E-state index in [4.69, 9.17) is 23.7 Å². The number of aliphatic imine (C=N–C) groups is 1. The summed E-state index contributed by atoms with van der Waals surface area (Å²) in [6.45, 7) is 14.2. The van der Waals surface area contributed by atoms with Crippen molar-refractivity contribution >= 4 is 23.4 Å². The van der Waals surface area contributed by atoms with Crippen molar-refractivity contribution in [1.82, 2.24) is 4.90 Å². The zero-order valence-electron chi connectivity index (χ0n) is 41.4. The number of aliphatic hydroxyl groups excluding tert-OH is 2. The molecule has 1 saturated carbocycles. The third kappa shape index (κ3) is 14.7. The fraction of sp³-hybridized carbons (Fsp3) is 0.769. The van der Waals surface area contributed by atoms with Gasteiger partial charge in [-0.2, -0.15) is 0 Å². The first-order valence-electron chi connectivity index (χ1n) is 24.5. The average Bonchev–Trinajstić information content (AvgIpc) is 3.28. The van der Waals surface area contributed by atoms with Crippen LogP contribution in [-0.4, -0.2) is 133 Å². The number of cyclic esters (lactones) is 1. The quantitative estimate of drug-likeness (QED) is 0.137. The highest BCUT2D eigenvalue weighted by molar-refractivity contribution is 6.39. The van der Waals surface area contributed by atoms with Gasteiger partial charge in [0.1, 0.15) is 24.4 Å². The Morgan fingerprint density at radius 2 is 1.58 bits per heavy atom. The molecule has 2 bridgehead atoms. The molecule has 13 nitrogen and oxygen atoms in total. The summed E-state index contributed by atoms with van der Waals surface area (Å²) in [5.41, 5.74) is 2.49. The second-order valence-corrected chi connectivity index (χ2v) is 19.9. The number of rotatable bonds is 6. The summed E-state index contributed by atoms with van der Waals surface area (Å²) in [6, 6.07) is -0.999. The van der Waals surface area contributed by atoms with Crippen molar-refractivity contribution < 1.29 is 53.4 Å². The Morgan fingerprint density at radius 1 is 0.846 bits per heavy atom. The van der Waals surface area contributed by atoms with Crippen LogP contribution in [0.5, 0.6) is 0 Å². The van der Waals surface area contributed by atoms with Crippen molar-refractivity contribution in [1.29, 1.82) is 0 Å². The van der Waals surface area contributed by atoms with Crippen LogP contribution < -0.4 is 0 Å². The molecule has 3 N–H and O–H groups in total. The predicted molar refractivity (Wildman–Crippen MR) is 253 cm³/mol. The number of ketones is 1. The Balaban J connectivity index is 1.69. The van der Waals surface area contributed by atoms with Gasteiger partial charge in [-0.15, -0.1) is 0 Å². The highest BCUT2D eigenvalue weighted by atomic mass is 16.6. The van der Waals surface area contributed by atoms with E-state index in [2.05, 4.69) is 44.8 Å². The third-order valence-corrected chi connectivity index (χ3v) is 14.8. The molecule has 1 aliphatic carbocycles. The summed E-state index contributed by atoms with van der Waals surface area (Å²) < 4.78 is 30.1. The maximum atomic E-state index is 14.4. The van der Waals surface area contributed by atoms with Gasteiger partial charge in [0.2, 0.25) is 5.79 Å². The summed E-state index contributed by atoms with van der Waals surface area (Å²) in [6.07, 6.45) is 16.2. The number of fused-ring (bicyclic) bond motifs is 3. The second kappa shape index (κ2) is 25.9. The van der Waals surface area contributed by atoms with E-state index < -0.39 is 65.9 Å². The van der Waals surface area contributed by atoms with E-state index in [-0.39, 0.29) is 48.3 Å². The van der Waals surface area contributed by atoms with Gasteiger partial charge in [0.15, 0.2) is 0 Å². The van der Waals surface area contributed by atoms with Gasteiger partial charge in [-0.05, 0) is 132 Å². The van der Waals surface area contributed by atoms with Crippen LogP contribution in [0.3, 0.4) is 0 Å². The molecule has 0 aromatic rings. The zero-order valence-corrected chi connectivity index (χ0v) is 41.4. The summed E-state index contributed by atoms with van der Waals surface area (Å²) in [5, 5.41) is 34.2. The van der Waals surface area contributed by atoms with Crippen LogP contribution in [0, 0.1) is 35.5 Å². The number of amides is 1. The van der Waals surface area contributed by atoms with Gasteiger partial charge < -0.3 is 43.9 Å². The lowest BCUT2D eigenvalue weighted by Crippen LogP contribution is -2.61. The summed E-state index contributed by atoms with van der Waals surface area (Å²) in [7, 11) is 6.59. The van der Waals surface area contributed by atoms with Gasteiger partial charge in [-0.1, -0.05) is 71.1 Å². The number of hydrogen-bond donors (Lipinski definition) is 3. The fourth-order valence-electron chi connectivity index (χ4n) is 10.7. The number of methoxy groups -OCH3 is 3. The van der Waals surface area contributed by atoms with Gasteiger partial charge in [-0.3, -0.25) is 14.6 Å². The lowest BCUT2D eigenvalue weighted by atomic mass is 9.78. The molecule has 2 saturated heterocycles. The van der Waals surface area contributed by atoms with E-state index >= 15 is 0 Å². The number of aliphatic hydroxyl groups is 3. The van der Waals surface area contributed by atoms with Crippen molar-refractivity contribution in [3.63, 3.8) is 0 Å². The molecule has 3 aliphatic heterocycles. The van der Waals surface area contributed by atoms with Crippen LogP contribution >= 0.6 is 0 Å². The van der Waals surface area contributed by atoms with Crippen molar-refractivity contribution in [3.05, 3.63) is 47.6 Å². The van der Waals surface area contributed by atoms with Gasteiger partial charge in [0, 0.05) is 53.0 Å². The molecule has 1 unspecified atom stereocenters. The number of piperidine rings is 1. The first kappa shape index (κ1) is 54.6. The van der Waals surface area contributed by atoms with Crippen molar-refractivity contribution in [2.45, 2.75) is 186 Å². The molecule has 0 spiro atoms. The Morgan fingerprint density at radius 3 is 2.26 bits per heavy atom. The molecule has 65 heavy (non-hydrogen) atoms. The summed E-state index contributed by atoms with van der Waals surface area (Å²) in [5.74, 6) is -5.17. The summed E-state index contributed by atoms with van der Waals surface area (Å²) in [4.78, 5) is 48.8. The van der Waals surface area contributed by atoms with E-state index in [1.165, 1.54) is 4.90 Å². The van der Waals surface area contributed by atoms with Gasteiger partial charge in [0.05, 0.1) is 24.4 Å². The van der Waals surface area contributed by atoms with Crippen molar-refractivity contribution in [3.8, 4) is 0 Å². The third-order valence-electron chi connectivity index (χ3n) is 14.8. The molecule has 15 atom stereocenters. The van der Waals surface area contributed by atoms with E-state index in [0.717, 1.165) is 36.1 Å². The minimum Gasteiger partial charge on any atom is -0.461 e. The van der Waals surface area contributed by atoms with E-state index in [9.17, 15) is 29.7 Å². The number of carbonyl (C=O) groups excluding carboxylic acids is 3. The highest BCUT2D eigenvalue weighted by Crippen LogP contribution is 2.38. The smallest absolute Gasteiger partial charge is 0.329 e. The predicted octanol–water partition coefficient (Wildman–Crippen LogP) is 7.50. The molecule has 1 amide bonds. The zero-order chi connectivity index (χ0) is 48.0. The maximum Gasteiger partial charge on any atom is 0.329 e. The second-order valence-electron chi connectivity index (χ2n) is 19.9. The lowest BCUT2D eigenvalue weighted by Gasteiger charge is -2.42. The van der Waals surface area contributed by atoms with Crippen molar-refractivity contribution in [2.75, 3.05) is 34.9 Å². The van der Waals surface area contributed by atoms with Crippen LogP contribution in [0.25, 0.3) is 0 Å². The number of ether oxygens (including phenoxy) is 5. The first-order valence-corrected chi connectivity index (χ1v) is 24.5. The van der Waals surface area contributed by atoms with E-state index in [1.54, 1.807) is 35.3 Å². The number of carbonyl (C=O) groups is 3. The van der Waals surface area contributed by atoms with Crippen LogP contribution in [0.1, 0.15) is 132 Å². The molecular formula is C52H84N2O11. The average molecular weight is 913 g/mol. The van der Waals surface area contributed by atoms with Crippen LogP contribution in [-0.2, 0) is 38.1 Å². The Labute approximate surface area is 390 Å². The van der Waals surface area contributed by atoms with Gasteiger partial charge in [-0.25, -0.2) is 4.79 Å². The molecule has 4 aliphatic rings. The molecule has 0 aromatic heterocycles. The molecule has 3 heterocycles. The fourth-order valence-corrected chi connectivity index (χ4v) is 10.7. The molecule has 0 radical (unpaired) electrons. The highest BCUT2D eigenvalue weighted by Gasteiger charge is 2.53. The summed E-state index contributed by atoms with van der Waals surface area (Å²) >= 11 is 0. The van der Waals surface area contributed by atoms with Gasteiger partial charge >= 0.3 is 5.97 Å². The standard InChI is InChI=1S/C52H84N2O11/c1-32-17-13-12-14-18-34(3)44(61-9)31-40-23-21-38(7)52(60,65-40)49(57)50(58)54-26-16-15-19-41(54)51(59)64-43(35(4)29-39-22-24-42(55)45(30-39)62-10)25-20-33(2)28-37(6)47(56)48(63-11)46(53-8)36(5)27-32/h12-14,17-18,28,32-33,35-36,38-45,47-48,55-56,60H,15-16,19-27,29-31H2,1-11H3/b14-12+,17-13+,34-18+,37-28+,53-46?/t32-,33+,35-,36-,38-,39+,40?,41+,42-,43+,44+,45-,47-,48+,52-/m1/s1. The number of Topliss-reactive ketones (excluding diaryl/α,β-unsaturated/α-hetero) is 1. The van der Waals surface area contributed by atoms with E-state index in [1.807, 2.05) is 38.2 Å². The number of hydrogen-bond acceptors (Lipinski definition) is 12. The molecule has 13 heteroatoms. The number of esters is 1. The Hall–Kier alpha value is -3.04. The van der Waals surface area contributed by atoms with Crippen LogP contribution in [0.2, 0.25) is 0 Å². The molecule has 0 aromatic carbocycles. The Kier molecular flexibility index (Phi) is 21.8. The molecule has 368 valence electrons. The minimum absolute atomic E-state index is 0.00261. The lowest BCUT2D eigenvalue weighted by molar-refractivity contribution is -0.265. The SMILES string of the molecule is CN=C1[C@H](C)C[C@H](C)/C=C/C=C/C=C(\C)[C@@H](OC)CC2CC[C@@H](C)[C@@](O)(O2)C(=O)C(=O)N2CCCC[C@H]2C(=O)O[C@H]([C@H](C)C[C@@H]2CC[C@@H](O)[C@H](OC)C2)CC[C@H](C)/C=C(\C)[C@@H](O)[C@H]1OC. The molecule has 4 rings (SSSR count). The molecule has 3 fully saturated rings. The van der Waals surface area contributed by atoms with Gasteiger partial charge in [0.25, 0.3) is 11.7 Å². The van der Waals surface area contributed by atoms with Crippen LogP contribution in [0.4, 0.5) is 0 Å².